The molecule has 2 aromatic carbocycles. The predicted molar refractivity (Wildman–Crippen MR) is 133 cm³/mol. The molecule has 6 nitrogen and oxygen atoms in total. The number of nitrogens with one attached hydrogen (secondary N) is 1. The Morgan fingerprint density at radius 3 is 2.70 bits per heavy atom. The van der Waals surface area contributed by atoms with Crippen LogP contribution < -0.4 is 10.1 Å². The van der Waals surface area contributed by atoms with E-state index in [2.05, 4.69) is 27.5 Å². The molecule has 4 aromatic rings. The largest absolute Gasteiger partial charge is 0.494 e. The number of hydrogen-bond donors (Lipinski definition) is 1. The zero-order valence-electron chi connectivity index (χ0n) is 18.9. The standard InChI is InChI=1S/C26H28N4O2S/c1-3-32-22-13-11-21(12-14-22)23-17-24-26(27-15-16-30(24)29-23)33-18-25(31)28-19(2)9-10-20-7-5-4-6-8-20/h4-8,11-17,19H,3,9-10,18H2,1-2H3,(H,28,31)/t19-/m0/s1. The van der Waals surface area contributed by atoms with Gasteiger partial charge in [0.25, 0.3) is 0 Å². The molecule has 2 heterocycles. The molecule has 0 saturated heterocycles. The van der Waals surface area contributed by atoms with Crippen LogP contribution in [0.4, 0.5) is 0 Å². The smallest absolute Gasteiger partial charge is 0.230 e. The van der Waals surface area contributed by atoms with Crippen LogP contribution in [0.15, 0.2) is 78.1 Å². The molecule has 0 radical (unpaired) electrons. The van der Waals surface area contributed by atoms with Gasteiger partial charge in [0.15, 0.2) is 0 Å². The average Bonchev–Trinajstić information content (AvgIpc) is 3.28. The highest BCUT2D eigenvalue weighted by atomic mass is 32.2. The van der Waals surface area contributed by atoms with Gasteiger partial charge in [-0.2, -0.15) is 5.10 Å². The zero-order valence-corrected chi connectivity index (χ0v) is 19.7. The fourth-order valence-corrected chi connectivity index (χ4v) is 4.38. The van der Waals surface area contributed by atoms with E-state index in [1.165, 1.54) is 17.3 Å². The fourth-order valence-electron chi connectivity index (χ4n) is 3.59. The lowest BCUT2D eigenvalue weighted by Crippen LogP contribution is -2.34. The van der Waals surface area contributed by atoms with E-state index in [0.29, 0.717) is 12.4 Å². The molecule has 1 N–H and O–H groups in total. The highest BCUT2D eigenvalue weighted by Crippen LogP contribution is 2.27. The van der Waals surface area contributed by atoms with E-state index in [1.54, 1.807) is 6.20 Å². The van der Waals surface area contributed by atoms with Crippen LogP contribution in [0.3, 0.4) is 0 Å². The Labute approximate surface area is 198 Å². The number of hydrogen-bond acceptors (Lipinski definition) is 5. The number of aryl methyl sites for hydroxylation is 1. The van der Waals surface area contributed by atoms with Crippen LogP contribution in [-0.2, 0) is 11.2 Å². The van der Waals surface area contributed by atoms with Gasteiger partial charge in [-0.15, -0.1) is 0 Å². The topological polar surface area (TPSA) is 68.5 Å². The van der Waals surface area contributed by atoms with Gasteiger partial charge in [0.2, 0.25) is 5.91 Å². The molecule has 0 saturated carbocycles. The SMILES string of the molecule is CCOc1ccc(-c2cc3c(SCC(=O)N[C@@H](C)CCc4ccccc4)nccn3n2)cc1. The van der Waals surface area contributed by atoms with Crippen LogP contribution in [0.5, 0.6) is 5.75 Å². The van der Waals surface area contributed by atoms with Crippen molar-refractivity contribution in [2.24, 2.45) is 0 Å². The van der Waals surface area contributed by atoms with Crippen LogP contribution in [0.1, 0.15) is 25.8 Å². The molecular formula is C26H28N4O2S. The predicted octanol–water partition coefficient (Wildman–Crippen LogP) is 5.02. The van der Waals surface area contributed by atoms with E-state index in [9.17, 15) is 4.79 Å². The van der Waals surface area contributed by atoms with Gasteiger partial charge in [-0.1, -0.05) is 42.1 Å². The first kappa shape index (κ1) is 22.9. The number of carbonyl (C=O) groups is 1. The third-order valence-electron chi connectivity index (χ3n) is 5.27. The van der Waals surface area contributed by atoms with Crippen LogP contribution in [-0.4, -0.2) is 38.9 Å². The molecule has 0 fully saturated rings. The zero-order chi connectivity index (χ0) is 23.0. The average molecular weight is 461 g/mol. The first-order chi connectivity index (χ1) is 16.1. The lowest BCUT2D eigenvalue weighted by atomic mass is 10.1. The summed E-state index contributed by atoms with van der Waals surface area (Å²) >= 11 is 1.43. The third kappa shape index (κ3) is 6.14. The number of thioether (sulfide) groups is 1. The summed E-state index contributed by atoms with van der Waals surface area (Å²) in [4.78, 5) is 17.0. The van der Waals surface area contributed by atoms with Gasteiger partial charge in [0, 0.05) is 24.0 Å². The first-order valence-electron chi connectivity index (χ1n) is 11.2. The van der Waals surface area contributed by atoms with Gasteiger partial charge < -0.3 is 10.1 Å². The Balaban J connectivity index is 1.35. The lowest BCUT2D eigenvalue weighted by molar-refractivity contribution is -0.119. The second kappa shape index (κ2) is 11.0. The number of ether oxygens (including phenoxy) is 1. The molecule has 2 aromatic heterocycles. The molecule has 4 rings (SSSR count). The molecule has 1 atom stereocenters. The van der Waals surface area contributed by atoms with E-state index in [4.69, 9.17) is 4.74 Å². The first-order valence-corrected chi connectivity index (χ1v) is 12.1. The molecule has 0 bridgehead atoms. The maximum absolute atomic E-state index is 12.5. The molecular weight excluding hydrogens is 432 g/mol. The number of benzene rings is 2. The molecule has 1 amide bonds. The second-order valence-corrected chi connectivity index (χ2v) is 8.79. The quantitative estimate of drug-likeness (QED) is 0.336. The van der Waals surface area contributed by atoms with Crippen molar-refractivity contribution in [3.63, 3.8) is 0 Å². The molecule has 0 aliphatic heterocycles. The summed E-state index contributed by atoms with van der Waals surface area (Å²) in [5.74, 6) is 1.16. The summed E-state index contributed by atoms with van der Waals surface area (Å²) in [5.41, 5.74) is 4.03. The van der Waals surface area contributed by atoms with Crippen molar-refractivity contribution in [2.45, 2.75) is 37.8 Å². The second-order valence-electron chi connectivity index (χ2n) is 7.83. The molecule has 0 aliphatic rings. The van der Waals surface area contributed by atoms with Crippen molar-refractivity contribution in [2.75, 3.05) is 12.4 Å². The third-order valence-corrected chi connectivity index (χ3v) is 6.27. The molecule has 0 unspecified atom stereocenters. The van der Waals surface area contributed by atoms with E-state index in [0.717, 1.165) is 40.4 Å². The summed E-state index contributed by atoms with van der Waals surface area (Å²) in [6.45, 7) is 4.65. The number of aromatic nitrogens is 3. The lowest BCUT2D eigenvalue weighted by Gasteiger charge is -2.13. The summed E-state index contributed by atoms with van der Waals surface area (Å²) in [6.07, 6.45) is 5.39. The van der Waals surface area contributed by atoms with Crippen LogP contribution in [0.2, 0.25) is 0 Å². The van der Waals surface area contributed by atoms with E-state index in [-0.39, 0.29) is 11.9 Å². The van der Waals surface area contributed by atoms with Gasteiger partial charge in [-0.05, 0) is 62.6 Å². The van der Waals surface area contributed by atoms with Gasteiger partial charge in [-0.25, -0.2) is 9.50 Å². The summed E-state index contributed by atoms with van der Waals surface area (Å²) in [6, 6.07) is 20.3. The van der Waals surface area contributed by atoms with E-state index < -0.39 is 0 Å². The number of rotatable bonds is 10. The maximum atomic E-state index is 12.5. The molecule has 0 aliphatic carbocycles. The van der Waals surface area contributed by atoms with Crippen molar-refractivity contribution in [1.82, 2.24) is 19.9 Å². The van der Waals surface area contributed by atoms with Crippen molar-refractivity contribution in [3.05, 3.63) is 78.6 Å². The summed E-state index contributed by atoms with van der Waals surface area (Å²) in [7, 11) is 0. The van der Waals surface area contributed by atoms with Crippen molar-refractivity contribution in [1.29, 1.82) is 0 Å². The Bertz CT molecular complexity index is 1190. The van der Waals surface area contributed by atoms with E-state index in [1.807, 2.05) is 73.1 Å². The number of amides is 1. The van der Waals surface area contributed by atoms with Gasteiger partial charge in [-0.3, -0.25) is 4.79 Å². The Morgan fingerprint density at radius 1 is 1.15 bits per heavy atom. The molecule has 170 valence electrons. The minimum Gasteiger partial charge on any atom is -0.494 e. The van der Waals surface area contributed by atoms with Gasteiger partial charge >= 0.3 is 0 Å². The van der Waals surface area contributed by atoms with E-state index >= 15 is 0 Å². The normalized spacial score (nSPS) is 11.9. The fraction of sp³-hybridized carbons (Fsp3) is 0.269. The van der Waals surface area contributed by atoms with Gasteiger partial charge in [0.05, 0.1) is 23.6 Å². The highest BCUT2D eigenvalue weighted by Gasteiger charge is 2.13. The maximum Gasteiger partial charge on any atom is 0.230 e. The number of carbonyl (C=O) groups excluding carboxylic acids is 1. The Morgan fingerprint density at radius 2 is 1.94 bits per heavy atom. The Kier molecular flexibility index (Phi) is 7.62. The van der Waals surface area contributed by atoms with Crippen molar-refractivity contribution < 1.29 is 9.53 Å². The van der Waals surface area contributed by atoms with Crippen LogP contribution in [0, 0.1) is 0 Å². The van der Waals surface area contributed by atoms with Crippen molar-refractivity contribution >= 4 is 23.2 Å². The molecule has 33 heavy (non-hydrogen) atoms. The van der Waals surface area contributed by atoms with Crippen molar-refractivity contribution in [3.8, 4) is 17.0 Å². The minimum atomic E-state index is 0.00983. The summed E-state index contributed by atoms with van der Waals surface area (Å²) < 4.78 is 7.32. The summed E-state index contributed by atoms with van der Waals surface area (Å²) in [5, 5.41) is 8.55. The molecule has 0 spiro atoms. The van der Waals surface area contributed by atoms with Crippen LogP contribution in [0.25, 0.3) is 16.8 Å². The highest BCUT2D eigenvalue weighted by molar-refractivity contribution is 8.00. The minimum absolute atomic E-state index is 0.00983. The van der Waals surface area contributed by atoms with Crippen LogP contribution >= 0.6 is 11.8 Å². The molecule has 7 heteroatoms. The number of fused-ring (bicyclic) bond motifs is 1. The monoisotopic (exact) mass is 460 g/mol. The van der Waals surface area contributed by atoms with Gasteiger partial charge in [0.1, 0.15) is 10.8 Å². The Hall–Kier alpha value is -3.32. The number of nitrogens with zero attached hydrogens (tertiary/aromatic N) is 3.